The van der Waals surface area contributed by atoms with Crippen LogP contribution in [0.1, 0.15) is 10.4 Å². The molecule has 0 unspecified atom stereocenters. The Morgan fingerprint density at radius 1 is 1.29 bits per heavy atom. The van der Waals surface area contributed by atoms with Crippen LogP contribution in [0.15, 0.2) is 39.3 Å². The molecule has 0 atom stereocenters. The molecule has 2 rings (SSSR count). The number of halogens is 4. The number of thiocarbonyl (C=S) groups is 1. The summed E-state index contributed by atoms with van der Waals surface area (Å²) in [6.45, 7) is 0. The molecule has 1 amide bonds. The zero-order valence-corrected chi connectivity index (χ0v) is 16.9. The Balaban J connectivity index is 2.14. The third-order valence-corrected chi connectivity index (χ3v) is 4.40. The summed E-state index contributed by atoms with van der Waals surface area (Å²) in [5.74, 6) is -0.622. The number of carbonyl (C=O) groups excluding carboxylic acids is 1. The summed E-state index contributed by atoms with van der Waals surface area (Å²) in [4.78, 5) is 12.4. The molecule has 126 valence electrons. The van der Waals surface area contributed by atoms with E-state index in [1.807, 2.05) is 0 Å². The molecule has 24 heavy (non-hydrogen) atoms. The van der Waals surface area contributed by atoms with Gasteiger partial charge in [-0.15, -0.1) is 0 Å². The molecular formula is C15H10Br2ClFN2O2S. The molecule has 4 nitrogen and oxygen atoms in total. The summed E-state index contributed by atoms with van der Waals surface area (Å²) in [6, 6.07) is 7.38. The van der Waals surface area contributed by atoms with Gasteiger partial charge in [-0.1, -0.05) is 27.5 Å². The third-order valence-electron chi connectivity index (χ3n) is 2.86. The molecule has 0 radical (unpaired) electrons. The van der Waals surface area contributed by atoms with Gasteiger partial charge in [-0.3, -0.25) is 10.1 Å². The van der Waals surface area contributed by atoms with Gasteiger partial charge in [0.1, 0.15) is 11.6 Å². The first-order chi connectivity index (χ1) is 11.3. The maximum Gasteiger partial charge on any atom is 0.261 e. The topological polar surface area (TPSA) is 50.4 Å². The maximum atomic E-state index is 13.1. The molecule has 0 aromatic heterocycles. The molecule has 0 saturated heterocycles. The molecule has 2 N–H and O–H groups in total. The molecule has 0 heterocycles. The smallest absolute Gasteiger partial charge is 0.261 e. The number of methoxy groups -OCH3 is 1. The summed E-state index contributed by atoms with van der Waals surface area (Å²) in [7, 11) is 1.46. The lowest BCUT2D eigenvalue weighted by Gasteiger charge is -2.13. The molecule has 0 aliphatic rings. The second-order valence-corrected chi connectivity index (χ2v) is 7.09. The van der Waals surface area contributed by atoms with Crippen molar-refractivity contribution in [2.75, 3.05) is 12.4 Å². The standard InChI is InChI=1S/C15H10Br2ClFN2O2S/c1-23-13-9(4-7(16)5-10(13)17)14(22)21-15(24)20-8-2-3-12(19)11(18)6-8/h2-6H,1H3,(H2,20,21,22,24). The highest BCUT2D eigenvalue weighted by Gasteiger charge is 2.17. The van der Waals surface area contributed by atoms with E-state index >= 15 is 0 Å². The van der Waals surface area contributed by atoms with Crippen molar-refractivity contribution in [3.63, 3.8) is 0 Å². The predicted molar refractivity (Wildman–Crippen MR) is 103 cm³/mol. The molecule has 0 aliphatic heterocycles. The monoisotopic (exact) mass is 494 g/mol. The van der Waals surface area contributed by atoms with E-state index in [2.05, 4.69) is 42.5 Å². The van der Waals surface area contributed by atoms with Gasteiger partial charge < -0.3 is 10.1 Å². The fourth-order valence-corrected chi connectivity index (χ4v) is 3.62. The number of nitrogens with one attached hydrogen (secondary N) is 2. The van der Waals surface area contributed by atoms with Gasteiger partial charge in [0.2, 0.25) is 0 Å². The van der Waals surface area contributed by atoms with E-state index in [4.69, 9.17) is 28.6 Å². The normalized spacial score (nSPS) is 10.2. The first-order valence-corrected chi connectivity index (χ1v) is 8.79. The number of carbonyl (C=O) groups is 1. The van der Waals surface area contributed by atoms with Gasteiger partial charge in [0.25, 0.3) is 5.91 Å². The van der Waals surface area contributed by atoms with Gasteiger partial charge >= 0.3 is 0 Å². The lowest BCUT2D eigenvalue weighted by molar-refractivity contribution is 0.0974. The van der Waals surface area contributed by atoms with Crippen LogP contribution in [0.25, 0.3) is 0 Å². The van der Waals surface area contributed by atoms with Gasteiger partial charge in [-0.05, 0) is 58.5 Å². The van der Waals surface area contributed by atoms with Crippen LogP contribution in [0.4, 0.5) is 10.1 Å². The van der Waals surface area contributed by atoms with Gasteiger partial charge in [-0.25, -0.2) is 4.39 Å². The zero-order chi connectivity index (χ0) is 17.9. The van der Waals surface area contributed by atoms with Crippen LogP contribution in [0.5, 0.6) is 5.75 Å². The van der Waals surface area contributed by atoms with E-state index < -0.39 is 11.7 Å². The van der Waals surface area contributed by atoms with Gasteiger partial charge in [0.05, 0.1) is 22.2 Å². The van der Waals surface area contributed by atoms with Crippen LogP contribution in [0.3, 0.4) is 0 Å². The van der Waals surface area contributed by atoms with Crippen molar-refractivity contribution in [2.45, 2.75) is 0 Å². The highest BCUT2D eigenvalue weighted by atomic mass is 79.9. The van der Waals surface area contributed by atoms with Crippen molar-refractivity contribution in [3.8, 4) is 5.75 Å². The first-order valence-electron chi connectivity index (χ1n) is 6.42. The quantitative estimate of drug-likeness (QED) is 0.578. The van der Waals surface area contributed by atoms with Crippen LogP contribution >= 0.6 is 55.7 Å². The molecule has 0 bridgehead atoms. The maximum absolute atomic E-state index is 13.1. The Kier molecular flexibility index (Phi) is 6.56. The van der Waals surface area contributed by atoms with E-state index in [0.717, 1.165) is 0 Å². The number of ether oxygens (including phenoxy) is 1. The van der Waals surface area contributed by atoms with Crippen molar-refractivity contribution in [2.24, 2.45) is 0 Å². The SMILES string of the molecule is COc1c(Br)cc(Br)cc1C(=O)NC(=S)Nc1ccc(F)c(Cl)c1. The Morgan fingerprint density at radius 3 is 2.62 bits per heavy atom. The highest BCUT2D eigenvalue weighted by molar-refractivity contribution is 9.11. The fourth-order valence-electron chi connectivity index (χ4n) is 1.84. The van der Waals surface area contributed by atoms with Gasteiger partial charge in [0.15, 0.2) is 5.11 Å². The Bertz CT molecular complexity index is 820. The number of rotatable bonds is 3. The molecule has 2 aromatic rings. The van der Waals surface area contributed by atoms with E-state index in [1.54, 1.807) is 12.1 Å². The average molecular weight is 497 g/mol. The number of anilines is 1. The van der Waals surface area contributed by atoms with Crippen LogP contribution in [0, 0.1) is 5.82 Å². The van der Waals surface area contributed by atoms with Crippen LogP contribution in [-0.4, -0.2) is 18.1 Å². The van der Waals surface area contributed by atoms with Crippen molar-refractivity contribution in [1.82, 2.24) is 5.32 Å². The Hall–Kier alpha value is -1.22. The summed E-state index contributed by atoms with van der Waals surface area (Å²) >= 11 is 17.4. The van der Waals surface area contributed by atoms with E-state index in [1.165, 1.54) is 25.3 Å². The second kappa shape index (κ2) is 8.24. The second-order valence-electron chi connectivity index (χ2n) is 4.51. The average Bonchev–Trinajstić information content (AvgIpc) is 2.50. The van der Waals surface area contributed by atoms with Crippen molar-refractivity contribution in [3.05, 3.63) is 55.7 Å². The van der Waals surface area contributed by atoms with E-state index in [9.17, 15) is 9.18 Å². The minimum absolute atomic E-state index is 0.0424. The molecule has 2 aromatic carbocycles. The van der Waals surface area contributed by atoms with Crippen LogP contribution < -0.4 is 15.4 Å². The van der Waals surface area contributed by atoms with Crippen molar-refractivity contribution in [1.29, 1.82) is 0 Å². The fraction of sp³-hybridized carbons (Fsp3) is 0.0667. The third kappa shape index (κ3) is 4.66. The molecule has 9 heteroatoms. The largest absolute Gasteiger partial charge is 0.495 e. The van der Waals surface area contributed by atoms with Crippen molar-refractivity contribution >= 4 is 72.4 Å². The number of hydrogen-bond donors (Lipinski definition) is 2. The van der Waals surface area contributed by atoms with Crippen molar-refractivity contribution < 1.29 is 13.9 Å². The molecule has 0 fully saturated rings. The summed E-state index contributed by atoms with van der Waals surface area (Å²) < 4.78 is 19.7. The summed E-state index contributed by atoms with van der Waals surface area (Å²) in [6.07, 6.45) is 0. The number of amides is 1. The summed E-state index contributed by atoms with van der Waals surface area (Å²) in [5, 5.41) is 5.29. The summed E-state index contributed by atoms with van der Waals surface area (Å²) in [5.41, 5.74) is 0.745. The molecular weight excluding hydrogens is 487 g/mol. The van der Waals surface area contributed by atoms with Gasteiger partial charge in [0, 0.05) is 10.2 Å². The number of benzene rings is 2. The van der Waals surface area contributed by atoms with E-state index in [-0.39, 0.29) is 10.1 Å². The minimum Gasteiger partial charge on any atom is -0.495 e. The lowest BCUT2D eigenvalue weighted by Crippen LogP contribution is -2.34. The first kappa shape index (κ1) is 19.1. The Labute approximate surface area is 165 Å². The minimum atomic E-state index is -0.541. The van der Waals surface area contributed by atoms with E-state index in [0.29, 0.717) is 25.9 Å². The number of hydrogen-bond acceptors (Lipinski definition) is 3. The zero-order valence-electron chi connectivity index (χ0n) is 12.1. The van der Waals surface area contributed by atoms with Crippen LogP contribution in [-0.2, 0) is 0 Å². The van der Waals surface area contributed by atoms with Gasteiger partial charge in [-0.2, -0.15) is 0 Å². The molecule has 0 aliphatic carbocycles. The highest BCUT2D eigenvalue weighted by Crippen LogP contribution is 2.32. The molecule has 0 spiro atoms. The molecule has 0 saturated carbocycles. The van der Waals surface area contributed by atoms with Crippen LogP contribution in [0.2, 0.25) is 5.02 Å². The lowest BCUT2D eigenvalue weighted by atomic mass is 10.2. The predicted octanol–water partition coefficient (Wildman–Crippen LogP) is 5.14. The Morgan fingerprint density at radius 2 is 2.00 bits per heavy atom.